The number of hydrogen-bond acceptors (Lipinski definition) is 4. The summed E-state index contributed by atoms with van der Waals surface area (Å²) in [4.78, 5) is 24.5. The molecule has 0 bridgehead atoms. The maximum absolute atomic E-state index is 11.8. The van der Waals surface area contributed by atoms with Crippen LogP contribution in [0.15, 0.2) is 18.2 Å². The molecule has 0 heterocycles. The molecule has 0 fully saturated rings. The SMILES string of the molecule is CCOC(=O)NCCN(C(C)=O)c1cc(Cl)ccc1OC. The van der Waals surface area contributed by atoms with Crippen LogP contribution in [0.3, 0.4) is 0 Å². The van der Waals surface area contributed by atoms with Gasteiger partial charge in [-0.1, -0.05) is 11.6 Å². The predicted molar refractivity (Wildman–Crippen MR) is 81.1 cm³/mol. The summed E-state index contributed by atoms with van der Waals surface area (Å²) in [6, 6.07) is 5.01. The molecule has 0 aromatic heterocycles. The van der Waals surface area contributed by atoms with Crippen molar-refractivity contribution in [2.24, 2.45) is 0 Å². The second-order valence-corrected chi connectivity index (χ2v) is 4.57. The zero-order chi connectivity index (χ0) is 15.8. The van der Waals surface area contributed by atoms with Gasteiger partial charge in [0, 0.05) is 25.0 Å². The first kappa shape index (κ1) is 17.1. The van der Waals surface area contributed by atoms with E-state index in [9.17, 15) is 9.59 Å². The van der Waals surface area contributed by atoms with E-state index in [1.807, 2.05) is 0 Å². The molecule has 1 aromatic rings. The van der Waals surface area contributed by atoms with Gasteiger partial charge in [-0.15, -0.1) is 0 Å². The van der Waals surface area contributed by atoms with Gasteiger partial charge < -0.3 is 19.7 Å². The van der Waals surface area contributed by atoms with Crippen LogP contribution in [0.25, 0.3) is 0 Å². The Morgan fingerprint density at radius 2 is 2.10 bits per heavy atom. The highest BCUT2D eigenvalue weighted by molar-refractivity contribution is 6.31. The summed E-state index contributed by atoms with van der Waals surface area (Å²) in [5.41, 5.74) is 0.558. The minimum atomic E-state index is -0.515. The number of rotatable bonds is 6. The Labute approximate surface area is 129 Å². The molecule has 0 atom stereocenters. The van der Waals surface area contributed by atoms with Crippen LogP contribution in [0.2, 0.25) is 5.02 Å². The Hall–Kier alpha value is -1.95. The van der Waals surface area contributed by atoms with Crippen LogP contribution in [0.1, 0.15) is 13.8 Å². The molecule has 2 amide bonds. The van der Waals surface area contributed by atoms with Gasteiger partial charge in [0.2, 0.25) is 5.91 Å². The van der Waals surface area contributed by atoms with Crippen LogP contribution >= 0.6 is 11.6 Å². The molecule has 0 saturated heterocycles. The van der Waals surface area contributed by atoms with Crippen LogP contribution in [-0.4, -0.2) is 38.8 Å². The number of anilines is 1. The van der Waals surface area contributed by atoms with E-state index in [1.54, 1.807) is 25.1 Å². The number of ether oxygens (including phenoxy) is 2. The number of halogens is 1. The van der Waals surface area contributed by atoms with Crippen LogP contribution in [0.4, 0.5) is 10.5 Å². The monoisotopic (exact) mass is 314 g/mol. The van der Waals surface area contributed by atoms with Gasteiger partial charge in [0.25, 0.3) is 0 Å². The van der Waals surface area contributed by atoms with E-state index in [2.05, 4.69) is 5.32 Å². The van der Waals surface area contributed by atoms with Crippen molar-refractivity contribution in [3.8, 4) is 5.75 Å². The molecule has 0 aliphatic heterocycles. The van der Waals surface area contributed by atoms with E-state index < -0.39 is 6.09 Å². The fraction of sp³-hybridized carbons (Fsp3) is 0.429. The van der Waals surface area contributed by atoms with Crippen molar-refractivity contribution in [3.05, 3.63) is 23.2 Å². The Morgan fingerprint density at radius 1 is 1.38 bits per heavy atom. The van der Waals surface area contributed by atoms with Gasteiger partial charge in [0.15, 0.2) is 0 Å². The Bertz CT molecular complexity index is 508. The van der Waals surface area contributed by atoms with Crippen molar-refractivity contribution >= 4 is 29.3 Å². The van der Waals surface area contributed by atoms with Crippen molar-refractivity contribution in [1.82, 2.24) is 5.32 Å². The van der Waals surface area contributed by atoms with E-state index >= 15 is 0 Å². The van der Waals surface area contributed by atoms with E-state index in [0.717, 1.165) is 0 Å². The van der Waals surface area contributed by atoms with Gasteiger partial charge in [-0.25, -0.2) is 4.79 Å². The molecule has 1 aromatic carbocycles. The van der Waals surface area contributed by atoms with Crippen molar-refractivity contribution in [2.75, 3.05) is 31.7 Å². The molecular formula is C14H19ClN2O4. The number of alkyl carbamates (subject to hydrolysis) is 1. The summed E-state index contributed by atoms with van der Waals surface area (Å²) >= 11 is 5.97. The lowest BCUT2D eigenvalue weighted by Crippen LogP contribution is -2.38. The lowest BCUT2D eigenvalue weighted by Gasteiger charge is -2.23. The number of methoxy groups -OCH3 is 1. The molecule has 0 aliphatic carbocycles. The summed E-state index contributed by atoms with van der Waals surface area (Å²) in [5.74, 6) is 0.354. The zero-order valence-corrected chi connectivity index (χ0v) is 13.1. The third kappa shape index (κ3) is 5.15. The van der Waals surface area contributed by atoms with Crippen molar-refractivity contribution in [1.29, 1.82) is 0 Å². The summed E-state index contributed by atoms with van der Waals surface area (Å²) in [6.45, 7) is 3.99. The number of carbonyl (C=O) groups is 2. The topological polar surface area (TPSA) is 67.9 Å². The molecule has 0 saturated carbocycles. The molecule has 116 valence electrons. The number of nitrogens with one attached hydrogen (secondary N) is 1. The highest BCUT2D eigenvalue weighted by Gasteiger charge is 2.17. The number of benzene rings is 1. The standard InChI is InChI=1S/C14H19ClN2O4/c1-4-21-14(19)16-7-8-17(10(2)18)12-9-11(15)5-6-13(12)20-3/h5-6,9H,4,7-8H2,1-3H3,(H,16,19). The molecule has 0 radical (unpaired) electrons. The van der Waals surface area contributed by atoms with E-state index in [0.29, 0.717) is 23.1 Å². The highest BCUT2D eigenvalue weighted by atomic mass is 35.5. The average molecular weight is 315 g/mol. The van der Waals surface area contributed by atoms with E-state index in [4.69, 9.17) is 21.1 Å². The van der Waals surface area contributed by atoms with Crippen LogP contribution in [0, 0.1) is 0 Å². The first-order chi connectivity index (χ1) is 9.99. The van der Waals surface area contributed by atoms with Gasteiger partial charge in [-0.3, -0.25) is 4.79 Å². The second kappa shape index (κ2) is 8.36. The number of hydrogen-bond donors (Lipinski definition) is 1. The van der Waals surface area contributed by atoms with Gasteiger partial charge in [-0.2, -0.15) is 0 Å². The first-order valence-electron chi connectivity index (χ1n) is 6.51. The summed E-state index contributed by atoms with van der Waals surface area (Å²) in [7, 11) is 1.52. The van der Waals surface area contributed by atoms with Crippen LogP contribution < -0.4 is 15.0 Å². The number of nitrogens with zero attached hydrogens (tertiary/aromatic N) is 1. The number of carbonyl (C=O) groups excluding carboxylic acids is 2. The molecule has 0 unspecified atom stereocenters. The molecule has 0 spiro atoms. The fourth-order valence-electron chi connectivity index (χ4n) is 1.77. The Morgan fingerprint density at radius 3 is 2.67 bits per heavy atom. The predicted octanol–water partition coefficient (Wildman–Crippen LogP) is 2.45. The molecule has 7 heteroatoms. The largest absolute Gasteiger partial charge is 0.495 e. The van der Waals surface area contributed by atoms with E-state index in [1.165, 1.54) is 18.9 Å². The minimum absolute atomic E-state index is 0.179. The second-order valence-electron chi connectivity index (χ2n) is 4.13. The van der Waals surface area contributed by atoms with Gasteiger partial charge in [0.05, 0.1) is 19.4 Å². The third-order valence-corrected chi connectivity index (χ3v) is 2.93. The van der Waals surface area contributed by atoms with Gasteiger partial charge in [0.1, 0.15) is 5.75 Å². The Kier molecular flexibility index (Phi) is 6.81. The Balaban J connectivity index is 2.80. The normalized spacial score (nSPS) is 9.90. The van der Waals surface area contributed by atoms with Crippen LogP contribution in [0.5, 0.6) is 5.75 Å². The zero-order valence-electron chi connectivity index (χ0n) is 12.3. The minimum Gasteiger partial charge on any atom is -0.495 e. The van der Waals surface area contributed by atoms with Crippen molar-refractivity contribution in [2.45, 2.75) is 13.8 Å². The fourth-order valence-corrected chi connectivity index (χ4v) is 1.94. The third-order valence-electron chi connectivity index (χ3n) is 2.69. The lowest BCUT2D eigenvalue weighted by molar-refractivity contribution is -0.116. The van der Waals surface area contributed by atoms with Gasteiger partial charge in [-0.05, 0) is 25.1 Å². The van der Waals surface area contributed by atoms with Gasteiger partial charge >= 0.3 is 6.09 Å². The van der Waals surface area contributed by atoms with Crippen LogP contribution in [-0.2, 0) is 9.53 Å². The maximum Gasteiger partial charge on any atom is 0.407 e. The quantitative estimate of drug-likeness (QED) is 0.875. The van der Waals surface area contributed by atoms with Crippen molar-refractivity contribution in [3.63, 3.8) is 0 Å². The van der Waals surface area contributed by atoms with Crippen molar-refractivity contribution < 1.29 is 19.1 Å². The molecule has 0 aliphatic rings. The summed E-state index contributed by atoms with van der Waals surface area (Å²) < 4.78 is 9.99. The van der Waals surface area contributed by atoms with E-state index in [-0.39, 0.29) is 19.0 Å². The molecule has 1 N–H and O–H groups in total. The molecule has 6 nitrogen and oxygen atoms in total. The molecule has 1 rings (SSSR count). The molecular weight excluding hydrogens is 296 g/mol. The lowest BCUT2D eigenvalue weighted by atomic mass is 10.2. The highest BCUT2D eigenvalue weighted by Crippen LogP contribution is 2.31. The summed E-state index contributed by atoms with van der Waals surface area (Å²) in [5, 5.41) is 3.06. The first-order valence-corrected chi connectivity index (χ1v) is 6.89. The smallest absolute Gasteiger partial charge is 0.407 e. The number of amides is 2. The molecule has 21 heavy (non-hydrogen) atoms. The summed E-state index contributed by atoms with van der Waals surface area (Å²) in [6.07, 6.45) is -0.515. The average Bonchev–Trinajstić information content (AvgIpc) is 2.43. The maximum atomic E-state index is 11.8.